The maximum Gasteiger partial charge on any atom is 0.500 e. The SMILES string of the molecule is CCO[Si](CCCS[Si](C)(C)C(C)(C)C)(OCC)OCC. The van der Waals surface area contributed by atoms with Crippen molar-refractivity contribution in [3.05, 3.63) is 0 Å². The van der Waals surface area contributed by atoms with Gasteiger partial charge in [-0.3, -0.25) is 0 Å². The van der Waals surface area contributed by atoms with Gasteiger partial charge in [-0.2, -0.15) is 11.2 Å². The van der Waals surface area contributed by atoms with E-state index in [1.54, 1.807) is 0 Å². The highest BCUT2D eigenvalue weighted by Crippen LogP contribution is 2.43. The second-order valence-corrected chi connectivity index (χ2v) is 18.6. The smallest absolute Gasteiger partial charge is 0.374 e. The molecule has 6 heteroatoms. The molecule has 0 aromatic rings. The van der Waals surface area contributed by atoms with Crippen LogP contribution in [0.3, 0.4) is 0 Å². The first kappa shape index (κ1) is 21.7. The van der Waals surface area contributed by atoms with E-state index < -0.39 is 16.0 Å². The van der Waals surface area contributed by atoms with Crippen LogP contribution in [0.5, 0.6) is 0 Å². The van der Waals surface area contributed by atoms with Gasteiger partial charge in [0, 0.05) is 25.9 Å². The summed E-state index contributed by atoms with van der Waals surface area (Å²) < 4.78 is 17.7. The number of hydrogen-bond acceptors (Lipinski definition) is 4. The lowest BCUT2D eigenvalue weighted by Crippen LogP contribution is -2.46. The molecule has 21 heavy (non-hydrogen) atoms. The summed E-state index contributed by atoms with van der Waals surface area (Å²) in [5.74, 6) is 1.18. The highest BCUT2D eigenvalue weighted by atomic mass is 32.4. The molecular formula is C15H36O3SSi2. The molecule has 0 aliphatic rings. The summed E-state index contributed by atoms with van der Waals surface area (Å²) in [6, 6.07) is 0.935. The first-order valence-electron chi connectivity index (χ1n) is 8.20. The Labute approximate surface area is 138 Å². The Balaban J connectivity index is 4.43. The minimum atomic E-state index is -2.44. The van der Waals surface area contributed by atoms with Crippen molar-refractivity contribution in [1.29, 1.82) is 0 Å². The zero-order valence-electron chi connectivity index (χ0n) is 15.4. The van der Waals surface area contributed by atoms with E-state index in [1.165, 1.54) is 5.75 Å². The molecule has 128 valence electrons. The summed E-state index contributed by atoms with van der Waals surface area (Å²) in [7, 11) is -3.68. The Bertz CT molecular complexity index is 264. The summed E-state index contributed by atoms with van der Waals surface area (Å²) in [4.78, 5) is 0. The van der Waals surface area contributed by atoms with Crippen LogP contribution in [0.25, 0.3) is 0 Å². The molecule has 0 unspecified atom stereocenters. The minimum absolute atomic E-state index is 0.436. The molecule has 0 atom stereocenters. The molecule has 0 rings (SSSR count). The molecule has 0 saturated carbocycles. The van der Waals surface area contributed by atoms with Crippen molar-refractivity contribution in [3.8, 4) is 0 Å². The van der Waals surface area contributed by atoms with Crippen LogP contribution in [0.1, 0.15) is 48.0 Å². The van der Waals surface area contributed by atoms with Crippen molar-refractivity contribution >= 4 is 27.2 Å². The number of rotatable bonds is 11. The van der Waals surface area contributed by atoms with Crippen molar-refractivity contribution in [2.45, 2.75) is 72.1 Å². The van der Waals surface area contributed by atoms with Gasteiger partial charge in [-0.05, 0) is 38.0 Å². The summed E-state index contributed by atoms with van der Waals surface area (Å²) in [6.45, 7) is 20.1. The number of hydrogen-bond donors (Lipinski definition) is 0. The molecule has 0 aliphatic carbocycles. The van der Waals surface area contributed by atoms with Crippen LogP contribution in [0, 0.1) is 0 Å². The van der Waals surface area contributed by atoms with Crippen LogP contribution in [-0.4, -0.2) is 41.6 Å². The van der Waals surface area contributed by atoms with Crippen LogP contribution in [0.2, 0.25) is 24.2 Å². The predicted molar refractivity (Wildman–Crippen MR) is 99.7 cm³/mol. The molecule has 3 nitrogen and oxygen atoms in total. The van der Waals surface area contributed by atoms with E-state index in [0.717, 1.165) is 12.5 Å². The molecular weight excluding hydrogens is 316 g/mol. The van der Waals surface area contributed by atoms with Crippen LogP contribution in [0.15, 0.2) is 0 Å². The Morgan fingerprint density at radius 3 is 1.62 bits per heavy atom. The van der Waals surface area contributed by atoms with Gasteiger partial charge in [0.1, 0.15) is 7.22 Å². The van der Waals surface area contributed by atoms with Crippen LogP contribution in [0.4, 0.5) is 0 Å². The van der Waals surface area contributed by atoms with E-state index in [4.69, 9.17) is 13.3 Å². The average Bonchev–Trinajstić information content (AvgIpc) is 2.34. The molecule has 0 heterocycles. The molecule has 0 radical (unpaired) electrons. The highest BCUT2D eigenvalue weighted by molar-refractivity contribution is 8.29. The van der Waals surface area contributed by atoms with Crippen molar-refractivity contribution in [3.63, 3.8) is 0 Å². The maximum absolute atomic E-state index is 5.91. The lowest BCUT2D eigenvalue weighted by atomic mass is 10.2. The second kappa shape index (κ2) is 9.72. The van der Waals surface area contributed by atoms with E-state index in [0.29, 0.717) is 24.9 Å². The van der Waals surface area contributed by atoms with Gasteiger partial charge in [-0.25, -0.2) is 0 Å². The predicted octanol–water partition coefficient (Wildman–Crippen LogP) is 5.16. The van der Waals surface area contributed by atoms with E-state index in [9.17, 15) is 0 Å². The second-order valence-electron chi connectivity index (χ2n) is 6.69. The van der Waals surface area contributed by atoms with Gasteiger partial charge in [0.25, 0.3) is 0 Å². The van der Waals surface area contributed by atoms with E-state index in [2.05, 4.69) is 45.1 Å². The zero-order valence-corrected chi connectivity index (χ0v) is 18.2. The standard InChI is InChI=1S/C15H36O3SSi2/c1-9-16-21(17-10-2,18-11-3)14-12-13-19-20(7,8)15(4,5)6/h9-14H2,1-8H3. The summed E-state index contributed by atoms with van der Waals surface area (Å²) in [6.07, 6.45) is 1.11. The molecule has 0 amide bonds. The van der Waals surface area contributed by atoms with Crippen LogP contribution in [-0.2, 0) is 13.3 Å². The first-order chi connectivity index (χ1) is 9.64. The van der Waals surface area contributed by atoms with Crippen molar-refractivity contribution < 1.29 is 13.3 Å². The van der Waals surface area contributed by atoms with Crippen molar-refractivity contribution in [2.75, 3.05) is 25.6 Å². The third-order valence-corrected chi connectivity index (χ3v) is 16.6. The maximum atomic E-state index is 5.91. The van der Waals surface area contributed by atoms with Gasteiger partial charge in [0.15, 0.2) is 0 Å². The van der Waals surface area contributed by atoms with Gasteiger partial charge in [-0.1, -0.05) is 33.9 Å². The summed E-state index contributed by atoms with van der Waals surface area (Å²) >= 11 is 2.18. The molecule has 0 aromatic heterocycles. The minimum Gasteiger partial charge on any atom is -0.374 e. The highest BCUT2D eigenvalue weighted by Gasteiger charge is 2.40. The molecule has 0 aromatic carbocycles. The fourth-order valence-corrected chi connectivity index (χ4v) is 9.20. The third kappa shape index (κ3) is 7.66. The molecule has 0 fully saturated rings. The zero-order chi connectivity index (χ0) is 16.6. The van der Waals surface area contributed by atoms with E-state index in [-0.39, 0.29) is 0 Å². The first-order valence-corrected chi connectivity index (χ1v) is 14.8. The normalized spacial score (nSPS) is 13.7. The average molecular weight is 353 g/mol. The van der Waals surface area contributed by atoms with Crippen molar-refractivity contribution in [1.82, 2.24) is 0 Å². The Kier molecular flexibility index (Phi) is 10.0. The quantitative estimate of drug-likeness (QED) is 0.379. The third-order valence-electron chi connectivity index (χ3n) is 3.99. The van der Waals surface area contributed by atoms with Gasteiger partial charge < -0.3 is 13.3 Å². The Hall–Kier alpha value is 0.664. The van der Waals surface area contributed by atoms with Crippen molar-refractivity contribution in [2.24, 2.45) is 0 Å². The monoisotopic (exact) mass is 352 g/mol. The summed E-state index contributed by atoms with van der Waals surface area (Å²) in [5.41, 5.74) is 0. The fraction of sp³-hybridized carbons (Fsp3) is 1.00. The molecule has 0 N–H and O–H groups in total. The van der Waals surface area contributed by atoms with Gasteiger partial charge >= 0.3 is 8.80 Å². The Morgan fingerprint density at radius 2 is 1.29 bits per heavy atom. The fourth-order valence-electron chi connectivity index (χ4n) is 1.83. The van der Waals surface area contributed by atoms with Gasteiger partial charge in [0.05, 0.1) is 0 Å². The topological polar surface area (TPSA) is 27.7 Å². The van der Waals surface area contributed by atoms with E-state index >= 15 is 0 Å². The molecule has 0 spiro atoms. The lowest BCUT2D eigenvalue weighted by Gasteiger charge is -2.36. The van der Waals surface area contributed by atoms with Crippen LogP contribution < -0.4 is 0 Å². The largest absolute Gasteiger partial charge is 0.500 e. The summed E-state index contributed by atoms with van der Waals surface area (Å²) in [5, 5.41) is 0.436. The molecule has 0 aliphatic heterocycles. The van der Waals surface area contributed by atoms with Crippen LogP contribution >= 0.6 is 11.2 Å². The molecule has 0 bridgehead atoms. The van der Waals surface area contributed by atoms with Gasteiger partial charge in [0.2, 0.25) is 0 Å². The molecule has 0 saturated heterocycles. The Morgan fingerprint density at radius 1 is 0.857 bits per heavy atom. The van der Waals surface area contributed by atoms with E-state index in [1.807, 2.05) is 20.8 Å². The van der Waals surface area contributed by atoms with Gasteiger partial charge in [-0.15, -0.1) is 0 Å². The lowest BCUT2D eigenvalue weighted by molar-refractivity contribution is 0.0712.